The van der Waals surface area contributed by atoms with Crippen LogP contribution in [0.25, 0.3) is 0 Å². The number of hydrogen-bond acceptors (Lipinski definition) is 4. The highest BCUT2D eigenvalue weighted by molar-refractivity contribution is 14.1. The van der Waals surface area contributed by atoms with E-state index in [1.54, 1.807) is 14.2 Å². The molecular weight excluding hydrogens is 397 g/mol. The van der Waals surface area contributed by atoms with Crippen LogP contribution in [0.4, 0.5) is 5.69 Å². The van der Waals surface area contributed by atoms with Crippen molar-refractivity contribution >= 4 is 39.6 Å². The van der Waals surface area contributed by atoms with Crippen LogP contribution in [0.1, 0.15) is 29.3 Å². The summed E-state index contributed by atoms with van der Waals surface area (Å²) in [5.74, 6) is 1.52. The number of nitrogens with one attached hydrogen (secondary N) is 1. The fourth-order valence-corrected chi connectivity index (χ4v) is 4.92. The SMILES string of the molecule is COc1ccc(NC2CCCc3sc(I)cc32)cc1OC. The van der Waals surface area contributed by atoms with Gasteiger partial charge in [-0.05, 0) is 65.6 Å². The van der Waals surface area contributed by atoms with Gasteiger partial charge in [-0.3, -0.25) is 0 Å². The number of methoxy groups -OCH3 is 2. The van der Waals surface area contributed by atoms with Gasteiger partial charge in [-0.15, -0.1) is 11.3 Å². The molecule has 0 saturated heterocycles. The van der Waals surface area contributed by atoms with E-state index in [4.69, 9.17) is 9.47 Å². The zero-order valence-corrected chi connectivity index (χ0v) is 15.1. The molecule has 3 rings (SSSR count). The molecule has 1 N–H and O–H groups in total. The molecule has 0 aliphatic heterocycles. The first-order chi connectivity index (χ1) is 10.2. The van der Waals surface area contributed by atoms with Crippen molar-refractivity contribution in [2.75, 3.05) is 19.5 Å². The molecule has 1 unspecified atom stereocenters. The van der Waals surface area contributed by atoms with Gasteiger partial charge in [0.25, 0.3) is 0 Å². The molecule has 0 bridgehead atoms. The predicted octanol–water partition coefficient (Wildman–Crippen LogP) is 4.86. The maximum absolute atomic E-state index is 5.38. The number of fused-ring (bicyclic) bond motifs is 1. The van der Waals surface area contributed by atoms with Crippen molar-refractivity contribution in [2.45, 2.75) is 25.3 Å². The Balaban J connectivity index is 1.84. The molecule has 1 aromatic carbocycles. The number of rotatable bonds is 4. The molecule has 0 saturated carbocycles. The van der Waals surface area contributed by atoms with Gasteiger partial charge in [0.2, 0.25) is 0 Å². The van der Waals surface area contributed by atoms with E-state index >= 15 is 0 Å². The van der Waals surface area contributed by atoms with Gasteiger partial charge in [0.1, 0.15) is 0 Å². The summed E-state index contributed by atoms with van der Waals surface area (Å²) >= 11 is 4.34. The lowest BCUT2D eigenvalue weighted by atomic mass is 9.94. The third-order valence-electron chi connectivity index (χ3n) is 3.81. The molecule has 5 heteroatoms. The van der Waals surface area contributed by atoms with E-state index in [1.807, 2.05) is 29.5 Å². The van der Waals surface area contributed by atoms with Crippen LogP contribution in [0.5, 0.6) is 11.5 Å². The van der Waals surface area contributed by atoms with Gasteiger partial charge in [0.15, 0.2) is 11.5 Å². The number of benzene rings is 1. The Morgan fingerprint density at radius 2 is 2.00 bits per heavy atom. The Morgan fingerprint density at radius 3 is 2.76 bits per heavy atom. The fraction of sp³-hybridized carbons (Fsp3) is 0.375. The third kappa shape index (κ3) is 3.13. The van der Waals surface area contributed by atoms with Crippen molar-refractivity contribution in [2.24, 2.45) is 0 Å². The van der Waals surface area contributed by atoms with Crippen LogP contribution < -0.4 is 14.8 Å². The fourth-order valence-electron chi connectivity index (χ4n) is 2.80. The molecule has 0 amide bonds. The molecule has 0 radical (unpaired) electrons. The highest BCUT2D eigenvalue weighted by atomic mass is 127. The minimum absolute atomic E-state index is 0.395. The average Bonchev–Trinajstić information content (AvgIpc) is 2.88. The lowest BCUT2D eigenvalue weighted by Crippen LogP contribution is -2.15. The first-order valence-corrected chi connectivity index (χ1v) is 8.87. The Bertz CT molecular complexity index is 641. The van der Waals surface area contributed by atoms with Crippen molar-refractivity contribution in [1.82, 2.24) is 0 Å². The minimum atomic E-state index is 0.395. The molecule has 1 aliphatic carbocycles. The standard InChI is InChI=1S/C16H18INO2S/c1-19-13-7-6-10(8-14(13)20-2)18-12-4-3-5-15-11(12)9-16(17)21-15/h6-9,12,18H,3-5H2,1-2H3. The Labute approximate surface area is 142 Å². The van der Waals surface area contributed by atoms with Gasteiger partial charge in [0.05, 0.1) is 23.1 Å². The van der Waals surface area contributed by atoms with E-state index in [-0.39, 0.29) is 0 Å². The van der Waals surface area contributed by atoms with E-state index in [0.717, 1.165) is 17.2 Å². The van der Waals surface area contributed by atoms with Crippen molar-refractivity contribution in [3.63, 3.8) is 0 Å². The van der Waals surface area contributed by atoms with Crippen LogP contribution in [0.2, 0.25) is 0 Å². The lowest BCUT2D eigenvalue weighted by molar-refractivity contribution is 0.355. The van der Waals surface area contributed by atoms with Crippen molar-refractivity contribution in [1.29, 1.82) is 0 Å². The number of anilines is 1. The normalized spacial score (nSPS) is 17.2. The Kier molecular flexibility index (Phi) is 4.59. The molecule has 0 fully saturated rings. The summed E-state index contributed by atoms with van der Waals surface area (Å²) < 4.78 is 12.0. The summed E-state index contributed by atoms with van der Waals surface area (Å²) in [4.78, 5) is 1.53. The Morgan fingerprint density at radius 1 is 1.19 bits per heavy atom. The van der Waals surface area contributed by atoms with Crippen LogP contribution in [0.3, 0.4) is 0 Å². The summed E-state index contributed by atoms with van der Waals surface area (Å²) in [5, 5.41) is 3.64. The highest BCUT2D eigenvalue weighted by Crippen LogP contribution is 2.39. The zero-order valence-electron chi connectivity index (χ0n) is 12.1. The van der Waals surface area contributed by atoms with Crippen LogP contribution in [0.15, 0.2) is 24.3 Å². The number of thiophene rings is 1. The summed E-state index contributed by atoms with van der Waals surface area (Å²) in [5.41, 5.74) is 2.54. The third-order valence-corrected chi connectivity index (χ3v) is 5.78. The minimum Gasteiger partial charge on any atom is -0.493 e. The second-order valence-electron chi connectivity index (χ2n) is 5.09. The summed E-state index contributed by atoms with van der Waals surface area (Å²) in [6.07, 6.45) is 3.63. The van der Waals surface area contributed by atoms with Gasteiger partial charge in [-0.1, -0.05) is 0 Å². The van der Waals surface area contributed by atoms with E-state index in [1.165, 1.54) is 32.6 Å². The smallest absolute Gasteiger partial charge is 0.162 e. The van der Waals surface area contributed by atoms with Crippen molar-refractivity contribution < 1.29 is 9.47 Å². The van der Waals surface area contributed by atoms with Crippen LogP contribution in [-0.2, 0) is 6.42 Å². The molecule has 1 heterocycles. The monoisotopic (exact) mass is 415 g/mol. The predicted molar refractivity (Wildman–Crippen MR) is 95.9 cm³/mol. The molecule has 3 nitrogen and oxygen atoms in total. The summed E-state index contributed by atoms with van der Waals surface area (Å²) in [6.45, 7) is 0. The van der Waals surface area contributed by atoms with Gasteiger partial charge < -0.3 is 14.8 Å². The molecular formula is C16H18INO2S. The number of aryl methyl sites for hydroxylation is 1. The maximum Gasteiger partial charge on any atom is 0.162 e. The van der Waals surface area contributed by atoms with Crippen molar-refractivity contribution in [3.05, 3.63) is 37.6 Å². The topological polar surface area (TPSA) is 30.5 Å². The van der Waals surface area contributed by atoms with Crippen LogP contribution in [-0.4, -0.2) is 14.2 Å². The second-order valence-corrected chi connectivity index (χ2v) is 8.12. The van der Waals surface area contributed by atoms with E-state index in [2.05, 4.69) is 34.0 Å². The highest BCUT2D eigenvalue weighted by Gasteiger charge is 2.22. The molecule has 2 aromatic rings. The maximum atomic E-state index is 5.38. The second kappa shape index (κ2) is 6.44. The average molecular weight is 415 g/mol. The van der Waals surface area contributed by atoms with E-state index in [9.17, 15) is 0 Å². The Hall–Kier alpha value is -0.950. The van der Waals surface area contributed by atoms with E-state index in [0.29, 0.717) is 6.04 Å². The molecule has 1 aliphatic rings. The van der Waals surface area contributed by atoms with Crippen LogP contribution >= 0.6 is 33.9 Å². The van der Waals surface area contributed by atoms with Gasteiger partial charge in [-0.25, -0.2) is 0 Å². The molecule has 0 spiro atoms. The first kappa shape index (κ1) is 15.0. The lowest BCUT2D eigenvalue weighted by Gasteiger charge is -2.25. The summed E-state index contributed by atoms with van der Waals surface area (Å²) in [7, 11) is 3.33. The van der Waals surface area contributed by atoms with Gasteiger partial charge >= 0.3 is 0 Å². The van der Waals surface area contributed by atoms with Gasteiger partial charge in [0, 0.05) is 16.6 Å². The van der Waals surface area contributed by atoms with Crippen molar-refractivity contribution in [3.8, 4) is 11.5 Å². The molecule has 1 atom stereocenters. The van der Waals surface area contributed by atoms with Crippen LogP contribution in [0, 0.1) is 2.88 Å². The molecule has 21 heavy (non-hydrogen) atoms. The number of ether oxygens (including phenoxy) is 2. The first-order valence-electron chi connectivity index (χ1n) is 6.98. The largest absolute Gasteiger partial charge is 0.493 e. The summed E-state index contributed by atoms with van der Waals surface area (Å²) in [6, 6.07) is 8.71. The van der Waals surface area contributed by atoms with Gasteiger partial charge in [-0.2, -0.15) is 0 Å². The zero-order chi connectivity index (χ0) is 14.8. The molecule has 1 aromatic heterocycles. The van der Waals surface area contributed by atoms with E-state index < -0.39 is 0 Å². The number of hydrogen-bond donors (Lipinski definition) is 1. The number of halogens is 1. The molecule has 112 valence electrons. The quantitative estimate of drug-likeness (QED) is 0.724.